The van der Waals surface area contributed by atoms with Gasteiger partial charge in [0.25, 0.3) is 0 Å². The lowest BCUT2D eigenvalue weighted by Crippen LogP contribution is -2.61. The molecule has 0 fully saturated rings. The number of nitrogens with one attached hydrogen (secondary N) is 6. The highest BCUT2D eigenvalue weighted by atomic mass is 16.4. The summed E-state index contributed by atoms with van der Waals surface area (Å²) in [6.07, 6.45) is 2.68. The molecule has 0 unspecified atom stereocenters. The molecule has 3 aromatic rings. The maximum Gasteiger partial charge on any atom is 0.325 e. The molecule has 0 saturated heterocycles. The average Bonchev–Trinajstić information content (AvgIpc) is 3.63. The molecule has 3 rings (SSSR count). The molecule has 1 heterocycles. The Bertz CT molecular complexity index is 1730. The summed E-state index contributed by atoms with van der Waals surface area (Å²) in [6, 6.07) is 4.73. The second kappa shape index (κ2) is 19.8. The molecule has 5 amide bonds. The smallest absolute Gasteiger partial charge is 0.325 e. The number of carbonyl (C=O) groups excluding carboxylic acids is 5. The van der Waals surface area contributed by atoms with Gasteiger partial charge in [-0.15, -0.1) is 0 Å². The number of aliphatic carboxylic acids is 1. The molecule has 11 N–H and O–H groups in total. The van der Waals surface area contributed by atoms with Crippen molar-refractivity contribution in [2.45, 2.75) is 90.1 Å². The van der Waals surface area contributed by atoms with Gasteiger partial charge in [-0.1, -0.05) is 52.0 Å². The normalized spacial score (nSPS) is 14.5. The number of hydrogen-bond donors (Lipinski definition) is 10. The number of H-pyrrole nitrogens is 1. The summed E-state index contributed by atoms with van der Waals surface area (Å²) in [5, 5.41) is 41.8. The number of rotatable bonds is 19. The second-order valence-electron chi connectivity index (χ2n) is 13.8. The second-order valence-corrected chi connectivity index (χ2v) is 13.8. The Morgan fingerprint density at radius 1 is 0.630 bits per heavy atom. The van der Waals surface area contributed by atoms with Crippen LogP contribution in [-0.2, 0) is 48.0 Å². The van der Waals surface area contributed by atoms with E-state index in [1.54, 1.807) is 52.0 Å². The molecule has 0 aliphatic heterocycles. The number of amides is 5. The maximum absolute atomic E-state index is 14.0. The third kappa shape index (κ3) is 12.9. The average molecular weight is 751 g/mol. The molecule has 0 saturated carbocycles. The van der Waals surface area contributed by atoms with E-state index in [0.717, 1.165) is 0 Å². The van der Waals surface area contributed by atoms with E-state index >= 15 is 0 Å². The van der Waals surface area contributed by atoms with Gasteiger partial charge in [-0.05, 0) is 54.2 Å². The zero-order valence-electron chi connectivity index (χ0n) is 30.8. The van der Waals surface area contributed by atoms with E-state index in [2.05, 4.69) is 36.6 Å². The zero-order chi connectivity index (χ0) is 40.1. The SMILES string of the molecule is CC(C)[C@H](N)C(=O)N[C@@H](Cc1ccc(O)cc1)C(=O)N[C@@H](Cc1cnc[nH]1)C(=O)N[C@H](C(=O)N[C@@H](Cc1ccc(O)cc1)C(=O)N[C@H](C)C(=O)O)C(C)C. The Kier molecular flexibility index (Phi) is 15.5. The number of aromatic nitrogens is 2. The number of aromatic amines is 1. The van der Waals surface area contributed by atoms with Crippen LogP contribution in [0, 0.1) is 11.8 Å². The molecule has 2 aromatic carbocycles. The molecular weight excluding hydrogens is 700 g/mol. The van der Waals surface area contributed by atoms with E-state index in [1.807, 2.05) is 0 Å². The largest absolute Gasteiger partial charge is 0.508 e. The fourth-order valence-corrected chi connectivity index (χ4v) is 5.25. The number of aromatic hydroxyl groups is 2. The highest BCUT2D eigenvalue weighted by Gasteiger charge is 2.34. The Labute approximate surface area is 312 Å². The molecule has 292 valence electrons. The number of phenols is 2. The minimum atomic E-state index is -1.29. The first-order valence-corrected chi connectivity index (χ1v) is 17.5. The molecule has 0 radical (unpaired) electrons. The summed E-state index contributed by atoms with van der Waals surface area (Å²) < 4.78 is 0. The quantitative estimate of drug-likeness (QED) is 0.0780. The molecule has 1 aromatic heterocycles. The van der Waals surface area contributed by atoms with Crippen LogP contribution in [0.15, 0.2) is 61.1 Å². The van der Waals surface area contributed by atoms with Gasteiger partial charge < -0.3 is 52.6 Å². The van der Waals surface area contributed by atoms with Gasteiger partial charge in [0.15, 0.2) is 0 Å². The molecule has 0 aliphatic carbocycles. The van der Waals surface area contributed by atoms with Gasteiger partial charge in [0.1, 0.15) is 41.7 Å². The van der Waals surface area contributed by atoms with Crippen LogP contribution in [0.4, 0.5) is 0 Å². The van der Waals surface area contributed by atoms with Crippen LogP contribution in [0.2, 0.25) is 0 Å². The van der Waals surface area contributed by atoms with Crippen LogP contribution >= 0.6 is 0 Å². The van der Waals surface area contributed by atoms with Gasteiger partial charge >= 0.3 is 5.97 Å². The molecule has 17 heteroatoms. The third-order valence-corrected chi connectivity index (χ3v) is 8.63. The van der Waals surface area contributed by atoms with Crippen LogP contribution in [0.5, 0.6) is 11.5 Å². The summed E-state index contributed by atoms with van der Waals surface area (Å²) in [5.41, 5.74) is 7.68. The minimum Gasteiger partial charge on any atom is -0.508 e. The van der Waals surface area contributed by atoms with E-state index in [-0.39, 0.29) is 36.7 Å². The van der Waals surface area contributed by atoms with Crippen LogP contribution in [0.3, 0.4) is 0 Å². The number of benzene rings is 2. The fourth-order valence-electron chi connectivity index (χ4n) is 5.25. The van der Waals surface area contributed by atoms with Crippen molar-refractivity contribution in [1.29, 1.82) is 0 Å². The van der Waals surface area contributed by atoms with E-state index in [9.17, 15) is 44.1 Å². The van der Waals surface area contributed by atoms with E-state index < -0.39 is 77.7 Å². The number of carboxylic acid groups (broad SMARTS) is 1. The Morgan fingerprint density at radius 2 is 1.07 bits per heavy atom. The zero-order valence-corrected chi connectivity index (χ0v) is 30.8. The lowest BCUT2D eigenvalue weighted by molar-refractivity contribution is -0.141. The molecule has 0 spiro atoms. The first kappa shape index (κ1) is 42.4. The highest BCUT2D eigenvalue weighted by Crippen LogP contribution is 2.14. The highest BCUT2D eigenvalue weighted by molar-refractivity contribution is 5.96. The predicted molar refractivity (Wildman–Crippen MR) is 197 cm³/mol. The van der Waals surface area contributed by atoms with Gasteiger partial charge in [0.2, 0.25) is 29.5 Å². The number of carbonyl (C=O) groups is 6. The van der Waals surface area contributed by atoms with Crippen molar-refractivity contribution in [3.63, 3.8) is 0 Å². The molecule has 17 nitrogen and oxygen atoms in total. The van der Waals surface area contributed by atoms with Crippen molar-refractivity contribution in [3.05, 3.63) is 77.9 Å². The standard InChI is InChI=1S/C37H50N8O9/c1-19(2)30(38)35(51)43-28(15-23-8-12-26(47)13-9-23)33(49)42-29(16-24-17-39-18-40-24)34(50)45-31(20(3)4)36(52)44-27(32(48)41-21(5)37(53)54)14-22-6-10-25(46)11-7-22/h6-13,17-21,27-31,46-47H,14-16,38H2,1-5H3,(H,39,40)(H,41,48)(H,42,49)(H,43,51)(H,44,52)(H,45,50)(H,53,54)/t21-,27+,28+,29+,30+,31+/m1/s1. The summed E-state index contributed by atoms with van der Waals surface area (Å²) in [4.78, 5) is 86.2. The first-order valence-electron chi connectivity index (χ1n) is 17.5. The number of hydrogen-bond acceptors (Lipinski definition) is 10. The van der Waals surface area contributed by atoms with E-state index in [0.29, 0.717) is 16.8 Å². The summed E-state index contributed by atoms with van der Waals surface area (Å²) in [5.74, 6) is -5.70. The van der Waals surface area contributed by atoms with Gasteiger partial charge in [-0.25, -0.2) is 4.98 Å². The molecule has 54 heavy (non-hydrogen) atoms. The Balaban J connectivity index is 1.87. The monoisotopic (exact) mass is 750 g/mol. The van der Waals surface area contributed by atoms with Crippen molar-refractivity contribution in [1.82, 2.24) is 36.6 Å². The first-order chi connectivity index (χ1) is 25.4. The summed E-state index contributed by atoms with van der Waals surface area (Å²) in [6.45, 7) is 8.10. The maximum atomic E-state index is 14.0. The Hall–Kier alpha value is -5.97. The van der Waals surface area contributed by atoms with Gasteiger partial charge in [0, 0.05) is 31.2 Å². The lowest BCUT2D eigenvalue weighted by atomic mass is 9.99. The minimum absolute atomic E-state index is 0.00720. The van der Waals surface area contributed by atoms with Crippen molar-refractivity contribution in [3.8, 4) is 11.5 Å². The molecular formula is C37H50N8O9. The fraction of sp³-hybridized carbons (Fsp3) is 0.432. The van der Waals surface area contributed by atoms with Crippen molar-refractivity contribution < 1.29 is 44.1 Å². The van der Waals surface area contributed by atoms with E-state index in [4.69, 9.17) is 5.73 Å². The Morgan fingerprint density at radius 3 is 1.52 bits per heavy atom. The summed E-state index contributed by atoms with van der Waals surface area (Å²) >= 11 is 0. The number of carboxylic acids is 1. The molecule has 0 aliphatic rings. The third-order valence-electron chi connectivity index (χ3n) is 8.63. The van der Waals surface area contributed by atoms with Crippen LogP contribution < -0.4 is 32.3 Å². The molecule has 0 bridgehead atoms. The number of imidazole rings is 1. The topological polar surface area (TPSA) is 278 Å². The number of phenolic OH excluding ortho intramolecular Hbond substituents is 2. The van der Waals surface area contributed by atoms with Gasteiger partial charge in [-0.3, -0.25) is 28.8 Å². The predicted octanol–water partition coefficient (Wildman–Crippen LogP) is 0.0166. The van der Waals surface area contributed by atoms with Gasteiger partial charge in [-0.2, -0.15) is 0 Å². The van der Waals surface area contributed by atoms with Crippen LogP contribution in [-0.4, -0.2) is 97.0 Å². The molecule has 6 atom stereocenters. The van der Waals surface area contributed by atoms with E-state index in [1.165, 1.54) is 43.7 Å². The van der Waals surface area contributed by atoms with Gasteiger partial charge in [0.05, 0.1) is 12.4 Å². The number of nitrogens with zero attached hydrogens (tertiary/aromatic N) is 1. The lowest BCUT2D eigenvalue weighted by Gasteiger charge is -2.28. The van der Waals surface area contributed by atoms with Crippen molar-refractivity contribution in [2.75, 3.05) is 0 Å². The van der Waals surface area contributed by atoms with Crippen LogP contribution in [0.25, 0.3) is 0 Å². The van der Waals surface area contributed by atoms with Crippen molar-refractivity contribution >= 4 is 35.5 Å². The van der Waals surface area contributed by atoms with Crippen LogP contribution in [0.1, 0.15) is 51.4 Å². The number of nitrogens with two attached hydrogens (primary N) is 1. The van der Waals surface area contributed by atoms with Crippen molar-refractivity contribution in [2.24, 2.45) is 17.6 Å². The summed E-state index contributed by atoms with van der Waals surface area (Å²) in [7, 11) is 0.